The lowest BCUT2D eigenvalue weighted by Gasteiger charge is -2.40. The second kappa shape index (κ2) is 9.23. The number of hydrogen-bond donors (Lipinski definition) is 1. The number of benzene rings is 1. The molecule has 32 heavy (non-hydrogen) atoms. The number of carbonyl (C=O) groups is 2. The fourth-order valence-corrected chi connectivity index (χ4v) is 4.65. The van der Waals surface area contributed by atoms with Crippen LogP contribution in [0.1, 0.15) is 25.8 Å². The summed E-state index contributed by atoms with van der Waals surface area (Å²) in [6.45, 7) is 8.27. The summed E-state index contributed by atoms with van der Waals surface area (Å²) in [6, 6.07) is 3.82. The van der Waals surface area contributed by atoms with Crippen molar-refractivity contribution in [2.45, 2.75) is 39.0 Å². The quantitative estimate of drug-likeness (QED) is 0.723. The van der Waals surface area contributed by atoms with Crippen molar-refractivity contribution in [1.82, 2.24) is 24.9 Å². The molecule has 0 aliphatic carbocycles. The molecule has 2 atom stereocenters. The van der Waals surface area contributed by atoms with Gasteiger partial charge in [0.15, 0.2) is 18.2 Å². The summed E-state index contributed by atoms with van der Waals surface area (Å²) in [6.07, 6.45) is 0.396. The average Bonchev–Trinajstić information content (AvgIpc) is 3.14. The Bertz CT molecular complexity index is 897. The number of nitrogens with one attached hydrogen (secondary N) is 1. The Labute approximate surface area is 193 Å². The first-order chi connectivity index (χ1) is 15.3. The third-order valence-corrected chi connectivity index (χ3v) is 6.74. The molecule has 0 aromatic heterocycles. The van der Waals surface area contributed by atoms with E-state index < -0.39 is 18.2 Å². The molecule has 10 heteroatoms. The van der Waals surface area contributed by atoms with Crippen LogP contribution in [0.4, 0.5) is 9.18 Å². The highest BCUT2D eigenvalue weighted by atomic mass is 35.5. The van der Waals surface area contributed by atoms with Crippen LogP contribution in [0.15, 0.2) is 23.2 Å². The van der Waals surface area contributed by atoms with E-state index in [2.05, 4.69) is 29.0 Å². The van der Waals surface area contributed by atoms with E-state index in [1.165, 1.54) is 11.0 Å². The first-order valence-electron chi connectivity index (χ1n) is 11.1. The lowest BCUT2D eigenvalue weighted by atomic mass is 10.1. The second-order valence-corrected chi connectivity index (χ2v) is 9.44. The zero-order valence-electron chi connectivity index (χ0n) is 18.7. The molecule has 8 nitrogen and oxygen atoms in total. The van der Waals surface area contributed by atoms with Gasteiger partial charge in [0.2, 0.25) is 0 Å². The van der Waals surface area contributed by atoms with E-state index in [1.54, 1.807) is 19.2 Å². The van der Waals surface area contributed by atoms with Crippen LogP contribution in [0.25, 0.3) is 0 Å². The molecule has 0 bridgehead atoms. The number of fused-ring (bicyclic) bond motifs is 1. The maximum atomic E-state index is 14.2. The van der Waals surface area contributed by atoms with Crippen molar-refractivity contribution in [3.05, 3.63) is 34.6 Å². The molecular formula is C22H30ClFN6O2. The van der Waals surface area contributed by atoms with Crippen molar-refractivity contribution in [2.24, 2.45) is 10.9 Å². The molecule has 2 fully saturated rings. The van der Waals surface area contributed by atoms with Crippen LogP contribution in [0.5, 0.6) is 0 Å². The molecule has 1 aromatic rings. The van der Waals surface area contributed by atoms with E-state index in [1.807, 2.05) is 4.90 Å². The summed E-state index contributed by atoms with van der Waals surface area (Å²) in [4.78, 5) is 37.5. The fraction of sp³-hybridized carbons (Fsp3) is 0.591. The summed E-state index contributed by atoms with van der Waals surface area (Å²) >= 11 is 6.20. The molecule has 2 unspecified atom stereocenters. The van der Waals surface area contributed by atoms with Crippen molar-refractivity contribution in [2.75, 3.05) is 39.8 Å². The number of imide groups is 1. The van der Waals surface area contributed by atoms with Crippen molar-refractivity contribution in [1.29, 1.82) is 0 Å². The van der Waals surface area contributed by atoms with Crippen LogP contribution >= 0.6 is 11.6 Å². The largest absolute Gasteiger partial charge is 0.340 e. The third-order valence-electron chi connectivity index (χ3n) is 6.38. The predicted octanol–water partition coefficient (Wildman–Crippen LogP) is 2.19. The number of nitrogens with zero attached hydrogens (tertiary/aromatic N) is 5. The smallest absolute Gasteiger partial charge is 0.325 e. The predicted molar refractivity (Wildman–Crippen MR) is 121 cm³/mol. The van der Waals surface area contributed by atoms with E-state index in [0.29, 0.717) is 42.7 Å². The zero-order chi connectivity index (χ0) is 23.0. The van der Waals surface area contributed by atoms with Crippen LogP contribution < -0.4 is 5.32 Å². The molecule has 2 saturated heterocycles. The summed E-state index contributed by atoms with van der Waals surface area (Å²) in [5.41, 5.74) is 0.516. The summed E-state index contributed by atoms with van der Waals surface area (Å²) in [5.74, 6) is 0.654. The van der Waals surface area contributed by atoms with Gasteiger partial charge in [0, 0.05) is 56.9 Å². The van der Waals surface area contributed by atoms with Gasteiger partial charge in [-0.05, 0) is 24.5 Å². The molecule has 3 aliphatic rings. The van der Waals surface area contributed by atoms with Crippen molar-refractivity contribution >= 4 is 29.5 Å². The molecule has 174 valence electrons. The highest BCUT2D eigenvalue weighted by molar-refractivity contribution is 6.31. The van der Waals surface area contributed by atoms with E-state index >= 15 is 0 Å². The van der Waals surface area contributed by atoms with Gasteiger partial charge in [0.25, 0.3) is 5.91 Å². The minimum Gasteiger partial charge on any atom is -0.340 e. The molecule has 0 radical (unpaired) electrons. The number of aliphatic imine (C=N–C) groups is 1. The number of hydrogen-bond acceptors (Lipinski definition) is 6. The first kappa shape index (κ1) is 22.8. The van der Waals surface area contributed by atoms with Crippen molar-refractivity contribution in [3.8, 4) is 0 Å². The van der Waals surface area contributed by atoms with Crippen LogP contribution in [-0.4, -0.2) is 89.5 Å². The number of halogens is 2. The minimum absolute atomic E-state index is 0.289. The number of carbonyl (C=O) groups excluding carboxylic acids is 2. The summed E-state index contributed by atoms with van der Waals surface area (Å²) in [5, 5.41) is 2.88. The molecule has 3 aliphatic heterocycles. The topological polar surface area (TPSA) is 71.5 Å². The van der Waals surface area contributed by atoms with Gasteiger partial charge < -0.3 is 14.7 Å². The molecule has 0 saturated carbocycles. The lowest BCUT2D eigenvalue weighted by molar-refractivity contribution is -0.127. The molecule has 1 N–H and O–H groups in total. The maximum absolute atomic E-state index is 14.2. The maximum Gasteiger partial charge on any atom is 0.325 e. The van der Waals surface area contributed by atoms with Crippen LogP contribution in [0.2, 0.25) is 5.02 Å². The van der Waals surface area contributed by atoms with Crippen LogP contribution in [-0.2, 0) is 11.3 Å². The average molecular weight is 465 g/mol. The van der Waals surface area contributed by atoms with Crippen LogP contribution in [0.3, 0.4) is 0 Å². The highest BCUT2D eigenvalue weighted by Crippen LogP contribution is 2.27. The Morgan fingerprint density at radius 2 is 1.94 bits per heavy atom. The zero-order valence-corrected chi connectivity index (χ0v) is 19.5. The number of likely N-dealkylation sites (N-methyl/N-ethyl adjacent to an activating group) is 1. The van der Waals surface area contributed by atoms with E-state index in [0.717, 1.165) is 25.5 Å². The SMILES string of the molecule is CC(C)CCN1C(N2CCN(Cc3c(F)cccc3Cl)CC2)=NC2C1C(=O)NC(=O)N2C. The van der Waals surface area contributed by atoms with Gasteiger partial charge >= 0.3 is 6.03 Å². The molecule has 3 amide bonds. The second-order valence-electron chi connectivity index (χ2n) is 9.03. The normalized spacial score (nSPS) is 24.2. The van der Waals surface area contributed by atoms with Gasteiger partial charge in [0.05, 0.1) is 0 Å². The Hall–Kier alpha value is -2.39. The van der Waals surface area contributed by atoms with Crippen molar-refractivity contribution < 1.29 is 14.0 Å². The van der Waals surface area contributed by atoms with Gasteiger partial charge in [0.1, 0.15) is 5.82 Å². The number of urea groups is 1. The molecule has 0 spiro atoms. The van der Waals surface area contributed by atoms with Crippen LogP contribution in [0, 0.1) is 11.7 Å². The lowest BCUT2D eigenvalue weighted by Crippen LogP contribution is -2.64. The summed E-state index contributed by atoms with van der Waals surface area (Å²) < 4.78 is 14.2. The summed E-state index contributed by atoms with van der Waals surface area (Å²) in [7, 11) is 1.67. The molecule has 3 heterocycles. The van der Waals surface area contributed by atoms with Crippen molar-refractivity contribution in [3.63, 3.8) is 0 Å². The molecule has 4 rings (SSSR count). The molecule has 1 aromatic carbocycles. The van der Waals surface area contributed by atoms with Gasteiger partial charge in [-0.1, -0.05) is 31.5 Å². The number of rotatable bonds is 5. The number of guanidine groups is 1. The Morgan fingerprint density at radius 1 is 1.22 bits per heavy atom. The monoisotopic (exact) mass is 464 g/mol. The minimum atomic E-state index is -0.520. The van der Waals surface area contributed by atoms with E-state index in [-0.39, 0.29) is 11.7 Å². The molecular weight excluding hydrogens is 435 g/mol. The standard InChI is InChI=1S/C22H30ClFN6O2/c1-14(2)7-8-30-18-19(27(3)22(32)26-20(18)31)25-21(30)29-11-9-28(10-12-29)13-15-16(23)5-4-6-17(15)24/h4-6,14,18-19H,7-13H2,1-3H3,(H,26,31,32). The number of amides is 3. The third kappa shape index (κ3) is 4.41. The Balaban J connectivity index is 1.48. The van der Waals surface area contributed by atoms with E-state index in [9.17, 15) is 14.0 Å². The Morgan fingerprint density at radius 3 is 2.59 bits per heavy atom. The van der Waals surface area contributed by atoms with E-state index in [4.69, 9.17) is 16.6 Å². The first-order valence-corrected chi connectivity index (χ1v) is 11.5. The van der Waals surface area contributed by atoms with Gasteiger partial charge in [-0.3, -0.25) is 15.0 Å². The van der Waals surface area contributed by atoms with Gasteiger partial charge in [-0.15, -0.1) is 0 Å². The fourth-order valence-electron chi connectivity index (χ4n) is 4.42. The highest BCUT2D eigenvalue weighted by Gasteiger charge is 2.49. The Kier molecular flexibility index (Phi) is 6.57. The van der Waals surface area contributed by atoms with Gasteiger partial charge in [-0.25, -0.2) is 14.2 Å². The van der Waals surface area contributed by atoms with Gasteiger partial charge in [-0.2, -0.15) is 0 Å². The number of piperazine rings is 1.